The topological polar surface area (TPSA) is 9.23 Å². The molecule has 0 radical (unpaired) electrons. The van der Waals surface area contributed by atoms with Gasteiger partial charge in [-0.25, -0.2) is 0 Å². The van der Waals surface area contributed by atoms with E-state index >= 15 is 0 Å². The minimum Gasteiger partial charge on any atom is -0.501 e. The lowest BCUT2D eigenvalue weighted by molar-refractivity contribution is 0.212. The maximum absolute atomic E-state index is 5.54. The third-order valence-corrected chi connectivity index (χ3v) is 4.57. The Morgan fingerprint density at radius 1 is 0.895 bits per heavy atom. The Morgan fingerprint density at radius 2 is 1.58 bits per heavy atom. The van der Waals surface area contributed by atoms with Gasteiger partial charge < -0.3 is 4.74 Å². The number of hydrogen-bond donors (Lipinski definition) is 0. The van der Waals surface area contributed by atoms with Crippen molar-refractivity contribution in [1.82, 2.24) is 0 Å². The molecule has 2 aromatic carbocycles. The maximum Gasteiger partial charge on any atom is 0.0919 e. The summed E-state index contributed by atoms with van der Waals surface area (Å²) in [6.07, 6.45) is 4.14. The Hall–Kier alpha value is -2.02. The molecule has 0 aromatic heterocycles. The van der Waals surface area contributed by atoms with E-state index in [9.17, 15) is 0 Å². The van der Waals surface area contributed by atoms with E-state index in [1.54, 1.807) is 0 Å². The number of rotatable bonds is 2. The Balaban J connectivity index is 1.81. The fraction of sp³-hybridized carbons (Fsp3) is 0.222. The van der Waals surface area contributed by atoms with Gasteiger partial charge in [0, 0.05) is 17.3 Å². The second-order valence-electron chi connectivity index (χ2n) is 5.43. The monoisotopic (exact) mass is 248 g/mol. The largest absolute Gasteiger partial charge is 0.501 e. The summed E-state index contributed by atoms with van der Waals surface area (Å²) in [5.74, 6) is 1.12. The summed E-state index contributed by atoms with van der Waals surface area (Å²) in [5.41, 5.74) is 2.99. The van der Waals surface area contributed by atoms with Crippen LogP contribution in [0.25, 0.3) is 0 Å². The smallest absolute Gasteiger partial charge is 0.0919 e. The molecule has 1 nitrogen and oxygen atoms in total. The van der Waals surface area contributed by atoms with Crippen LogP contribution in [-0.2, 0) is 10.2 Å². The summed E-state index contributed by atoms with van der Waals surface area (Å²) in [4.78, 5) is 0. The molecule has 94 valence electrons. The highest BCUT2D eigenvalue weighted by Gasteiger charge is 2.65. The molecule has 4 rings (SSSR count). The number of hydrogen-bond acceptors (Lipinski definition) is 1. The van der Waals surface area contributed by atoms with E-state index in [0.717, 1.165) is 6.61 Å². The minimum atomic E-state index is 0.154. The molecule has 1 heterocycles. The lowest BCUT2D eigenvalue weighted by atomic mass is 9.89. The first kappa shape index (κ1) is 10.9. The highest BCUT2D eigenvalue weighted by Crippen LogP contribution is 2.67. The zero-order valence-corrected chi connectivity index (χ0v) is 10.7. The van der Waals surface area contributed by atoms with E-state index in [0.29, 0.717) is 11.8 Å². The van der Waals surface area contributed by atoms with Crippen LogP contribution in [0.3, 0.4) is 0 Å². The van der Waals surface area contributed by atoms with E-state index in [1.807, 2.05) is 6.26 Å². The maximum atomic E-state index is 5.54. The van der Waals surface area contributed by atoms with Crippen LogP contribution in [0.4, 0.5) is 0 Å². The molecule has 1 aliphatic heterocycles. The molecule has 1 fully saturated rings. The van der Waals surface area contributed by atoms with Crippen LogP contribution in [0.15, 0.2) is 73.0 Å². The SMILES string of the molecule is C1=C[C@]2(c3ccccc3)[C@H](CO1)[C@H]2c1ccccc1. The Kier molecular flexibility index (Phi) is 2.28. The van der Waals surface area contributed by atoms with Gasteiger partial charge >= 0.3 is 0 Å². The Morgan fingerprint density at radius 3 is 2.32 bits per heavy atom. The molecule has 2 aliphatic rings. The summed E-state index contributed by atoms with van der Waals surface area (Å²) in [6.45, 7) is 0.824. The highest BCUT2D eigenvalue weighted by molar-refractivity contribution is 5.51. The van der Waals surface area contributed by atoms with E-state index in [2.05, 4.69) is 66.7 Å². The summed E-state index contributed by atoms with van der Waals surface area (Å²) in [6, 6.07) is 21.6. The van der Waals surface area contributed by atoms with Gasteiger partial charge in [-0.3, -0.25) is 0 Å². The average Bonchev–Trinajstić information content (AvgIpc) is 3.19. The number of allylic oxidation sites excluding steroid dienone is 1. The predicted octanol–water partition coefficient (Wildman–Crippen LogP) is 3.88. The summed E-state index contributed by atoms with van der Waals surface area (Å²) in [5, 5.41) is 0. The zero-order chi connectivity index (χ0) is 12.7. The Labute approximate surface area is 113 Å². The molecule has 19 heavy (non-hydrogen) atoms. The fourth-order valence-electron chi connectivity index (χ4n) is 3.65. The lowest BCUT2D eigenvalue weighted by Crippen LogP contribution is -2.13. The van der Waals surface area contributed by atoms with Crippen LogP contribution in [-0.4, -0.2) is 6.61 Å². The molecule has 2 aromatic rings. The standard InChI is InChI=1S/C18H16O/c1-3-7-14(8-4-1)17-16-13-19-12-11-18(16,17)15-9-5-2-6-10-15/h1-12,16-17H,13H2/t16-,17-,18+/m1/s1. The predicted molar refractivity (Wildman–Crippen MR) is 75.9 cm³/mol. The van der Waals surface area contributed by atoms with Crippen LogP contribution in [0.2, 0.25) is 0 Å². The quantitative estimate of drug-likeness (QED) is 0.783. The third kappa shape index (κ3) is 1.48. The van der Waals surface area contributed by atoms with Crippen molar-refractivity contribution < 1.29 is 4.74 Å². The van der Waals surface area contributed by atoms with Crippen LogP contribution in [0.1, 0.15) is 17.0 Å². The molecule has 0 N–H and O–H groups in total. The van der Waals surface area contributed by atoms with Gasteiger partial charge in [0.15, 0.2) is 0 Å². The van der Waals surface area contributed by atoms with Gasteiger partial charge in [-0.15, -0.1) is 0 Å². The van der Waals surface area contributed by atoms with Gasteiger partial charge in [-0.2, -0.15) is 0 Å². The van der Waals surface area contributed by atoms with E-state index in [4.69, 9.17) is 4.74 Å². The second kappa shape index (κ2) is 3.99. The average molecular weight is 248 g/mol. The van der Waals surface area contributed by atoms with E-state index in [1.165, 1.54) is 11.1 Å². The van der Waals surface area contributed by atoms with Crippen molar-refractivity contribution in [2.24, 2.45) is 5.92 Å². The van der Waals surface area contributed by atoms with Crippen molar-refractivity contribution in [3.05, 3.63) is 84.1 Å². The molecular weight excluding hydrogens is 232 g/mol. The van der Waals surface area contributed by atoms with Crippen LogP contribution in [0, 0.1) is 5.92 Å². The highest BCUT2D eigenvalue weighted by atomic mass is 16.5. The van der Waals surface area contributed by atoms with Crippen LogP contribution in [0.5, 0.6) is 0 Å². The minimum absolute atomic E-state index is 0.154. The van der Waals surface area contributed by atoms with Gasteiger partial charge in [0.2, 0.25) is 0 Å². The van der Waals surface area contributed by atoms with Crippen molar-refractivity contribution in [1.29, 1.82) is 0 Å². The molecular formula is C18H16O. The third-order valence-electron chi connectivity index (χ3n) is 4.57. The Bertz CT molecular complexity index is 602. The summed E-state index contributed by atoms with van der Waals surface area (Å²) >= 11 is 0. The van der Waals surface area contributed by atoms with Gasteiger partial charge in [0.25, 0.3) is 0 Å². The first-order chi connectivity index (χ1) is 9.43. The van der Waals surface area contributed by atoms with Crippen molar-refractivity contribution in [3.63, 3.8) is 0 Å². The second-order valence-corrected chi connectivity index (χ2v) is 5.43. The molecule has 1 aliphatic carbocycles. The molecule has 0 spiro atoms. The zero-order valence-electron chi connectivity index (χ0n) is 10.7. The molecule has 0 bridgehead atoms. The van der Waals surface area contributed by atoms with Crippen LogP contribution >= 0.6 is 0 Å². The molecule has 0 saturated heterocycles. The molecule has 1 saturated carbocycles. The molecule has 3 atom stereocenters. The van der Waals surface area contributed by atoms with E-state index < -0.39 is 0 Å². The van der Waals surface area contributed by atoms with Crippen molar-refractivity contribution >= 4 is 0 Å². The van der Waals surface area contributed by atoms with Gasteiger partial charge in [0.05, 0.1) is 12.9 Å². The van der Waals surface area contributed by atoms with E-state index in [-0.39, 0.29) is 5.41 Å². The van der Waals surface area contributed by atoms with Crippen molar-refractivity contribution in [2.75, 3.05) is 6.61 Å². The first-order valence-corrected chi connectivity index (χ1v) is 6.83. The van der Waals surface area contributed by atoms with Gasteiger partial charge in [-0.1, -0.05) is 60.7 Å². The lowest BCUT2D eigenvalue weighted by Gasteiger charge is -2.17. The summed E-state index contributed by atoms with van der Waals surface area (Å²) < 4.78 is 5.54. The number of benzene rings is 2. The van der Waals surface area contributed by atoms with Crippen LogP contribution < -0.4 is 0 Å². The first-order valence-electron chi connectivity index (χ1n) is 6.83. The number of fused-ring (bicyclic) bond motifs is 1. The van der Waals surface area contributed by atoms with Crippen molar-refractivity contribution in [2.45, 2.75) is 11.3 Å². The van der Waals surface area contributed by atoms with Gasteiger partial charge in [-0.05, 0) is 17.2 Å². The van der Waals surface area contributed by atoms with Crippen molar-refractivity contribution in [3.8, 4) is 0 Å². The summed E-state index contributed by atoms with van der Waals surface area (Å²) in [7, 11) is 0. The molecule has 1 heteroatoms. The molecule has 0 amide bonds. The fourth-order valence-corrected chi connectivity index (χ4v) is 3.65. The molecule has 0 unspecified atom stereocenters. The number of ether oxygens (including phenoxy) is 1. The normalized spacial score (nSPS) is 31.4. The van der Waals surface area contributed by atoms with Gasteiger partial charge in [0.1, 0.15) is 0 Å².